The third kappa shape index (κ3) is 10.1. The summed E-state index contributed by atoms with van der Waals surface area (Å²) in [6.07, 6.45) is 1.66. The Morgan fingerprint density at radius 1 is 1.07 bits per heavy atom. The van der Waals surface area contributed by atoms with E-state index in [1.54, 1.807) is 0 Å². The number of carboxylic acids is 1. The molecule has 0 saturated heterocycles. The second-order valence-electron chi connectivity index (χ2n) is 7.46. The van der Waals surface area contributed by atoms with E-state index in [0.717, 1.165) is 0 Å². The van der Waals surface area contributed by atoms with Crippen LogP contribution in [0.25, 0.3) is 0 Å². The standard InChI is InChI=1S/C18H36N6O4/c1-5-11(4)14(24-15(25)12(19)9-10(2)3)16(26)23-13(17(27)28)7-6-8-22-18(20)21/h10-14H,5-9,19H2,1-4H3,(H,23,26)(H,24,25)(H,27,28)(H4,20,21,22). The first-order chi connectivity index (χ1) is 13.0. The highest BCUT2D eigenvalue weighted by Gasteiger charge is 2.30. The van der Waals surface area contributed by atoms with E-state index in [-0.39, 0.29) is 30.8 Å². The first-order valence-corrected chi connectivity index (χ1v) is 9.64. The van der Waals surface area contributed by atoms with Gasteiger partial charge in [-0.2, -0.15) is 0 Å². The van der Waals surface area contributed by atoms with Gasteiger partial charge in [0, 0.05) is 6.54 Å². The Bertz CT molecular complexity index is 548. The van der Waals surface area contributed by atoms with Crippen LogP contribution in [0.4, 0.5) is 0 Å². The van der Waals surface area contributed by atoms with Crippen molar-refractivity contribution < 1.29 is 19.5 Å². The van der Waals surface area contributed by atoms with E-state index in [4.69, 9.17) is 17.2 Å². The molecule has 0 aliphatic carbocycles. The van der Waals surface area contributed by atoms with Crippen LogP contribution in [0.3, 0.4) is 0 Å². The summed E-state index contributed by atoms with van der Waals surface area (Å²) in [7, 11) is 0. The fourth-order valence-electron chi connectivity index (χ4n) is 2.60. The van der Waals surface area contributed by atoms with Gasteiger partial charge in [-0.15, -0.1) is 0 Å². The smallest absolute Gasteiger partial charge is 0.326 e. The van der Waals surface area contributed by atoms with Crippen LogP contribution in [0.2, 0.25) is 0 Å². The van der Waals surface area contributed by atoms with Gasteiger partial charge in [0.05, 0.1) is 6.04 Å². The topological polar surface area (TPSA) is 186 Å². The molecule has 0 spiro atoms. The predicted molar refractivity (Wildman–Crippen MR) is 108 cm³/mol. The van der Waals surface area contributed by atoms with Crippen molar-refractivity contribution in [2.75, 3.05) is 6.54 Å². The summed E-state index contributed by atoms with van der Waals surface area (Å²) >= 11 is 0. The molecule has 162 valence electrons. The van der Waals surface area contributed by atoms with E-state index < -0.39 is 35.9 Å². The van der Waals surface area contributed by atoms with Gasteiger partial charge in [0.15, 0.2) is 5.96 Å². The lowest BCUT2D eigenvalue weighted by molar-refractivity contribution is -0.142. The van der Waals surface area contributed by atoms with E-state index >= 15 is 0 Å². The molecule has 28 heavy (non-hydrogen) atoms. The minimum absolute atomic E-state index is 0.0757. The molecule has 0 aliphatic heterocycles. The van der Waals surface area contributed by atoms with Crippen LogP contribution in [-0.4, -0.2) is 53.5 Å². The number of amides is 2. The van der Waals surface area contributed by atoms with E-state index in [0.29, 0.717) is 19.3 Å². The molecule has 0 aromatic carbocycles. The Kier molecular flexibility index (Phi) is 11.8. The van der Waals surface area contributed by atoms with Crippen LogP contribution < -0.4 is 27.8 Å². The lowest BCUT2D eigenvalue weighted by Gasteiger charge is -2.27. The summed E-state index contributed by atoms with van der Waals surface area (Å²) < 4.78 is 0. The van der Waals surface area contributed by atoms with Crippen molar-refractivity contribution in [2.24, 2.45) is 34.0 Å². The Hall–Kier alpha value is -2.36. The first kappa shape index (κ1) is 25.6. The van der Waals surface area contributed by atoms with Crippen molar-refractivity contribution >= 4 is 23.7 Å². The monoisotopic (exact) mass is 400 g/mol. The van der Waals surface area contributed by atoms with Crippen LogP contribution in [-0.2, 0) is 14.4 Å². The molecule has 4 atom stereocenters. The molecule has 0 fully saturated rings. The number of nitrogens with one attached hydrogen (secondary N) is 2. The zero-order valence-corrected chi connectivity index (χ0v) is 17.3. The summed E-state index contributed by atoms with van der Waals surface area (Å²) in [4.78, 5) is 40.3. The molecule has 0 radical (unpaired) electrons. The van der Waals surface area contributed by atoms with Gasteiger partial charge in [0.2, 0.25) is 11.8 Å². The number of aliphatic carboxylic acids is 1. The molecule has 10 heteroatoms. The number of nitrogens with two attached hydrogens (primary N) is 3. The van der Waals surface area contributed by atoms with Crippen LogP contribution in [0.1, 0.15) is 53.4 Å². The third-order valence-corrected chi connectivity index (χ3v) is 4.42. The van der Waals surface area contributed by atoms with E-state index in [1.807, 2.05) is 27.7 Å². The lowest BCUT2D eigenvalue weighted by Crippen LogP contribution is -2.56. The summed E-state index contributed by atoms with van der Waals surface area (Å²) in [5, 5.41) is 14.5. The zero-order valence-electron chi connectivity index (χ0n) is 17.3. The van der Waals surface area contributed by atoms with Gasteiger partial charge in [-0.3, -0.25) is 14.6 Å². The molecule has 4 unspecified atom stereocenters. The zero-order chi connectivity index (χ0) is 21.9. The number of hydrogen-bond donors (Lipinski definition) is 6. The van der Waals surface area contributed by atoms with Crippen molar-refractivity contribution in [2.45, 2.75) is 71.5 Å². The fraction of sp³-hybridized carbons (Fsp3) is 0.778. The molecular weight excluding hydrogens is 364 g/mol. The van der Waals surface area contributed by atoms with Gasteiger partial charge in [-0.25, -0.2) is 4.79 Å². The number of nitrogens with zero attached hydrogens (tertiary/aromatic N) is 1. The largest absolute Gasteiger partial charge is 0.480 e. The quantitative estimate of drug-likeness (QED) is 0.137. The highest BCUT2D eigenvalue weighted by molar-refractivity contribution is 5.91. The normalized spacial score (nSPS) is 15.2. The minimum atomic E-state index is -1.16. The number of guanidine groups is 1. The van der Waals surface area contributed by atoms with Gasteiger partial charge in [0.1, 0.15) is 12.1 Å². The SMILES string of the molecule is CCC(C)C(NC(=O)C(N)CC(C)C)C(=O)NC(CCCN=C(N)N)C(=O)O. The molecular formula is C18H36N6O4. The summed E-state index contributed by atoms with van der Waals surface area (Å²) in [6.45, 7) is 7.86. The van der Waals surface area contributed by atoms with E-state index in [9.17, 15) is 19.5 Å². The predicted octanol–water partition coefficient (Wildman–Crippen LogP) is -0.486. The Balaban J connectivity index is 5.03. The molecule has 0 rings (SSSR count). The molecule has 0 aromatic heterocycles. The number of carbonyl (C=O) groups excluding carboxylic acids is 2. The van der Waals surface area contributed by atoms with E-state index in [1.165, 1.54) is 0 Å². The van der Waals surface area contributed by atoms with Gasteiger partial charge in [0.25, 0.3) is 0 Å². The maximum absolute atomic E-state index is 12.7. The molecule has 0 aromatic rings. The molecule has 0 bridgehead atoms. The highest BCUT2D eigenvalue weighted by atomic mass is 16.4. The van der Waals surface area contributed by atoms with Gasteiger partial charge < -0.3 is 32.9 Å². The lowest BCUT2D eigenvalue weighted by atomic mass is 9.96. The second kappa shape index (κ2) is 12.9. The van der Waals surface area contributed by atoms with Crippen LogP contribution in [0, 0.1) is 11.8 Å². The Morgan fingerprint density at radius 3 is 2.14 bits per heavy atom. The molecule has 0 saturated carbocycles. The number of aliphatic imine (C=N–C) groups is 1. The van der Waals surface area contributed by atoms with Gasteiger partial charge >= 0.3 is 5.97 Å². The maximum atomic E-state index is 12.7. The molecule has 10 nitrogen and oxygen atoms in total. The number of carboxylic acid groups (broad SMARTS) is 1. The summed E-state index contributed by atoms with van der Waals surface area (Å²) in [6, 6.07) is -2.70. The molecule has 0 heterocycles. The Labute approximate surface area is 166 Å². The van der Waals surface area contributed by atoms with Gasteiger partial charge in [-0.1, -0.05) is 34.1 Å². The third-order valence-electron chi connectivity index (χ3n) is 4.42. The minimum Gasteiger partial charge on any atom is -0.480 e. The molecule has 2 amide bonds. The molecule has 9 N–H and O–H groups in total. The fourth-order valence-corrected chi connectivity index (χ4v) is 2.60. The van der Waals surface area contributed by atoms with Crippen molar-refractivity contribution in [1.82, 2.24) is 10.6 Å². The maximum Gasteiger partial charge on any atom is 0.326 e. The van der Waals surface area contributed by atoms with Crippen molar-refractivity contribution in [3.8, 4) is 0 Å². The number of rotatable bonds is 13. The average Bonchev–Trinajstić information content (AvgIpc) is 2.59. The second-order valence-corrected chi connectivity index (χ2v) is 7.46. The van der Waals surface area contributed by atoms with Crippen molar-refractivity contribution in [1.29, 1.82) is 0 Å². The van der Waals surface area contributed by atoms with Crippen LogP contribution in [0.15, 0.2) is 4.99 Å². The van der Waals surface area contributed by atoms with Crippen LogP contribution >= 0.6 is 0 Å². The van der Waals surface area contributed by atoms with Gasteiger partial charge in [-0.05, 0) is 31.1 Å². The number of carbonyl (C=O) groups is 3. The summed E-state index contributed by atoms with van der Waals surface area (Å²) in [5.41, 5.74) is 16.4. The molecule has 0 aliphatic rings. The average molecular weight is 401 g/mol. The number of hydrogen-bond acceptors (Lipinski definition) is 5. The van der Waals surface area contributed by atoms with Crippen LogP contribution in [0.5, 0.6) is 0 Å². The highest BCUT2D eigenvalue weighted by Crippen LogP contribution is 2.11. The Morgan fingerprint density at radius 2 is 1.68 bits per heavy atom. The van der Waals surface area contributed by atoms with Crippen molar-refractivity contribution in [3.05, 3.63) is 0 Å². The van der Waals surface area contributed by atoms with E-state index in [2.05, 4.69) is 15.6 Å². The van der Waals surface area contributed by atoms with Crippen molar-refractivity contribution in [3.63, 3.8) is 0 Å². The summed E-state index contributed by atoms with van der Waals surface area (Å²) in [5.74, 6) is -2.16. The first-order valence-electron chi connectivity index (χ1n) is 9.64.